The van der Waals surface area contributed by atoms with E-state index in [1.807, 2.05) is 54.4 Å². The Bertz CT molecular complexity index is 859. The number of benzene rings is 2. The van der Waals surface area contributed by atoms with Crippen molar-refractivity contribution >= 4 is 35.0 Å². The van der Waals surface area contributed by atoms with Gasteiger partial charge < -0.3 is 15.1 Å². The van der Waals surface area contributed by atoms with Gasteiger partial charge in [-0.3, -0.25) is 9.59 Å². The highest BCUT2D eigenvalue weighted by Gasteiger charge is 2.35. The van der Waals surface area contributed by atoms with E-state index >= 15 is 0 Å². The topological polar surface area (TPSA) is 52.7 Å². The summed E-state index contributed by atoms with van der Waals surface area (Å²) in [6.45, 7) is 3.05. The van der Waals surface area contributed by atoms with E-state index in [9.17, 15) is 9.59 Å². The van der Waals surface area contributed by atoms with E-state index in [-0.39, 0.29) is 30.1 Å². The SMILES string of the molecule is CNCC1CCCN1C(=O)C1CCN(C(=O)c2cccc3ccccc23)CC1.Cl. The van der Waals surface area contributed by atoms with Gasteiger partial charge in [0.2, 0.25) is 5.91 Å². The average Bonchev–Trinajstić information content (AvgIpc) is 3.21. The third-order valence-electron chi connectivity index (χ3n) is 6.25. The number of nitrogens with zero attached hydrogens (tertiary/aromatic N) is 2. The Morgan fingerprint density at radius 2 is 1.72 bits per heavy atom. The molecule has 0 spiro atoms. The highest BCUT2D eigenvalue weighted by atomic mass is 35.5. The lowest BCUT2D eigenvalue weighted by atomic mass is 9.94. The lowest BCUT2D eigenvalue weighted by molar-refractivity contribution is -0.137. The number of carbonyl (C=O) groups excluding carboxylic acids is 2. The number of hydrogen-bond donors (Lipinski definition) is 1. The minimum absolute atomic E-state index is 0. The third kappa shape index (κ3) is 4.41. The molecule has 29 heavy (non-hydrogen) atoms. The first-order valence-corrected chi connectivity index (χ1v) is 10.4. The Labute approximate surface area is 178 Å². The van der Waals surface area contributed by atoms with Crippen LogP contribution in [0.3, 0.4) is 0 Å². The molecule has 2 aromatic carbocycles. The van der Waals surface area contributed by atoms with Gasteiger partial charge in [0.25, 0.3) is 5.91 Å². The standard InChI is InChI=1S/C23H29N3O2.ClH/c1-24-16-19-8-5-13-26(19)22(27)18-11-14-25(15-12-18)23(28)21-10-4-7-17-6-2-3-9-20(17)21;/h2-4,6-7,9-10,18-19,24H,5,8,11-16H2,1H3;1H. The molecular weight excluding hydrogens is 386 g/mol. The zero-order valence-electron chi connectivity index (χ0n) is 17.0. The first-order chi connectivity index (χ1) is 13.7. The molecule has 4 rings (SSSR count). The van der Waals surface area contributed by atoms with E-state index in [0.29, 0.717) is 19.1 Å². The second kappa shape index (κ2) is 9.59. The molecule has 0 aliphatic carbocycles. The second-order valence-corrected chi connectivity index (χ2v) is 7.98. The zero-order valence-corrected chi connectivity index (χ0v) is 17.8. The van der Waals surface area contributed by atoms with Gasteiger partial charge in [-0.1, -0.05) is 36.4 Å². The lowest BCUT2D eigenvalue weighted by Gasteiger charge is -2.35. The summed E-state index contributed by atoms with van der Waals surface area (Å²) in [7, 11) is 1.94. The maximum Gasteiger partial charge on any atom is 0.254 e. The smallest absolute Gasteiger partial charge is 0.254 e. The molecule has 0 bridgehead atoms. The van der Waals surface area contributed by atoms with Crippen molar-refractivity contribution in [1.29, 1.82) is 0 Å². The van der Waals surface area contributed by atoms with Crippen LogP contribution in [-0.4, -0.2) is 60.9 Å². The maximum atomic E-state index is 13.1. The molecule has 1 unspecified atom stereocenters. The van der Waals surface area contributed by atoms with Crippen LogP contribution in [0.2, 0.25) is 0 Å². The monoisotopic (exact) mass is 415 g/mol. The van der Waals surface area contributed by atoms with Crippen LogP contribution in [0.15, 0.2) is 42.5 Å². The molecule has 5 nitrogen and oxygen atoms in total. The van der Waals surface area contributed by atoms with Gasteiger partial charge in [0.15, 0.2) is 0 Å². The van der Waals surface area contributed by atoms with Gasteiger partial charge in [-0.25, -0.2) is 0 Å². The van der Waals surface area contributed by atoms with Gasteiger partial charge in [-0.05, 0) is 49.6 Å². The van der Waals surface area contributed by atoms with E-state index in [1.54, 1.807) is 0 Å². The fourth-order valence-electron chi connectivity index (χ4n) is 4.72. The molecule has 1 N–H and O–H groups in total. The summed E-state index contributed by atoms with van der Waals surface area (Å²) < 4.78 is 0. The molecule has 0 aromatic heterocycles. The van der Waals surface area contributed by atoms with Gasteiger partial charge in [0.1, 0.15) is 0 Å². The number of amides is 2. The molecule has 2 aromatic rings. The number of fused-ring (bicyclic) bond motifs is 1. The molecule has 156 valence electrons. The molecule has 0 saturated carbocycles. The Kier molecular flexibility index (Phi) is 7.14. The van der Waals surface area contributed by atoms with Crippen molar-refractivity contribution in [2.24, 2.45) is 5.92 Å². The number of nitrogens with one attached hydrogen (secondary N) is 1. The van der Waals surface area contributed by atoms with Crippen molar-refractivity contribution in [3.8, 4) is 0 Å². The molecule has 6 heteroatoms. The number of rotatable bonds is 4. The van der Waals surface area contributed by atoms with Gasteiger partial charge >= 0.3 is 0 Å². The Morgan fingerprint density at radius 3 is 2.48 bits per heavy atom. The van der Waals surface area contributed by atoms with Crippen molar-refractivity contribution in [2.45, 2.75) is 31.7 Å². The first-order valence-electron chi connectivity index (χ1n) is 10.4. The van der Waals surface area contributed by atoms with Crippen LogP contribution in [0.5, 0.6) is 0 Å². The molecule has 2 aliphatic rings. The van der Waals surface area contributed by atoms with E-state index in [0.717, 1.165) is 55.1 Å². The Morgan fingerprint density at radius 1 is 1.00 bits per heavy atom. The minimum Gasteiger partial charge on any atom is -0.339 e. The molecule has 2 heterocycles. The van der Waals surface area contributed by atoms with Crippen LogP contribution in [-0.2, 0) is 4.79 Å². The van der Waals surface area contributed by atoms with Crippen LogP contribution in [0, 0.1) is 5.92 Å². The lowest BCUT2D eigenvalue weighted by Crippen LogP contribution is -2.47. The van der Waals surface area contributed by atoms with Gasteiger partial charge in [0, 0.05) is 43.7 Å². The molecule has 2 saturated heterocycles. The summed E-state index contributed by atoms with van der Waals surface area (Å²) in [5.74, 6) is 0.418. The molecule has 2 aliphatic heterocycles. The van der Waals surface area contributed by atoms with Crippen LogP contribution >= 0.6 is 12.4 Å². The van der Waals surface area contributed by atoms with E-state index in [4.69, 9.17) is 0 Å². The van der Waals surface area contributed by atoms with Crippen molar-refractivity contribution in [3.05, 3.63) is 48.0 Å². The van der Waals surface area contributed by atoms with Crippen molar-refractivity contribution in [3.63, 3.8) is 0 Å². The van der Waals surface area contributed by atoms with Gasteiger partial charge in [-0.2, -0.15) is 0 Å². The number of hydrogen-bond acceptors (Lipinski definition) is 3. The van der Waals surface area contributed by atoms with Gasteiger partial charge in [-0.15, -0.1) is 12.4 Å². The largest absolute Gasteiger partial charge is 0.339 e. The minimum atomic E-state index is 0. The highest BCUT2D eigenvalue weighted by Crippen LogP contribution is 2.27. The number of likely N-dealkylation sites (tertiary alicyclic amines) is 2. The third-order valence-corrected chi connectivity index (χ3v) is 6.25. The van der Waals surface area contributed by atoms with E-state index < -0.39 is 0 Å². The summed E-state index contributed by atoms with van der Waals surface area (Å²) in [5, 5.41) is 5.29. The summed E-state index contributed by atoms with van der Waals surface area (Å²) in [6, 6.07) is 14.2. The average molecular weight is 416 g/mol. The van der Waals surface area contributed by atoms with Crippen LogP contribution in [0.4, 0.5) is 0 Å². The zero-order chi connectivity index (χ0) is 19.5. The fourth-order valence-corrected chi connectivity index (χ4v) is 4.72. The van der Waals surface area contributed by atoms with E-state index in [1.165, 1.54) is 0 Å². The van der Waals surface area contributed by atoms with Crippen molar-refractivity contribution in [1.82, 2.24) is 15.1 Å². The van der Waals surface area contributed by atoms with Crippen LogP contribution in [0.1, 0.15) is 36.0 Å². The fraction of sp³-hybridized carbons (Fsp3) is 0.478. The van der Waals surface area contributed by atoms with Crippen LogP contribution in [0.25, 0.3) is 10.8 Å². The van der Waals surface area contributed by atoms with Crippen molar-refractivity contribution in [2.75, 3.05) is 33.2 Å². The summed E-state index contributed by atoms with van der Waals surface area (Å²) in [6.07, 6.45) is 3.71. The molecule has 0 radical (unpaired) electrons. The summed E-state index contributed by atoms with van der Waals surface area (Å²) in [5.41, 5.74) is 0.761. The molecule has 2 fully saturated rings. The Balaban J connectivity index is 0.00000240. The second-order valence-electron chi connectivity index (χ2n) is 7.98. The van der Waals surface area contributed by atoms with Crippen LogP contribution < -0.4 is 5.32 Å². The maximum absolute atomic E-state index is 13.1. The normalized spacial score (nSPS) is 20.0. The number of carbonyl (C=O) groups is 2. The number of likely N-dealkylation sites (N-methyl/N-ethyl adjacent to an activating group) is 1. The molecule has 2 amide bonds. The summed E-state index contributed by atoms with van der Waals surface area (Å²) >= 11 is 0. The van der Waals surface area contributed by atoms with Crippen molar-refractivity contribution < 1.29 is 9.59 Å². The van der Waals surface area contributed by atoms with Gasteiger partial charge in [0.05, 0.1) is 0 Å². The molecular formula is C23H30ClN3O2. The predicted octanol–water partition coefficient (Wildman–Crippen LogP) is 3.32. The Hall–Kier alpha value is -2.11. The number of piperidine rings is 1. The summed E-state index contributed by atoms with van der Waals surface area (Å²) in [4.78, 5) is 30.1. The number of halogens is 1. The quantitative estimate of drug-likeness (QED) is 0.833. The highest BCUT2D eigenvalue weighted by molar-refractivity contribution is 6.07. The molecule has 1 atom stereocenters. The predicted molar refractivity (Wildman–Crippen MR) is 118 cm³/mol. The van der Waals surface area contributed by atoms with E-state index in [2.05, 4.69) is 10.2 Å². The first kappa shape index (κ1) is 21.6.